The molecule has 1 fully saturated rings. The Morgan fingerprint density at radius 2 is 1.95 bits per heavy atom. The van der Waals surface area contributed by atoms with Gasteiger partial charge in [0.05, 0.1) is 25.5 Å². The van der Waals surface area contributed by atoms with Crippen LogP contribution in [0.5, 0.6) is 0 Å². The van der Waals surface area contributed by atoms with Crippen molar-refractivity contribution in [2.45, 2.75) is 46.3 Å². The standard InChI is InChI=1S/C13H25NO5S/c1-10-8-14(9-11(19-10)12(15)18-5)20(16,17)7-6-13(2,3)4/h10-11H,6-9H2,1-5H3/t10-,11-/m1/s1. The van der Waals surface area contributed by atoms with Crippen molar-refractivity contribution in [3.63, 3.8) is 0 Å². The fourth-order valence-electron chi connectivity index (χ4n) is 1.97. The van der Waals surface area contributed by atoms with Gasteiger partial charge in [-0.15, -0.1) is 0 Å². The van der Waals surface area contributed by atoms with Crippen molar-refractivity contribution >= 4 is 16.0 Å². The summed E-state index contributed by atoms with van der Waals surface area (Å²) in [6.45, 7) is 8.07. The van der Waals surface area contributed by atoms with Crippen LogP contribution in [0.1, 0.15) is 34.1 Å². The molecule has 20 heavy (non-hydrogen) atoms. The molecule has 0 N–H and O–H groups in total. The van der Waals surface area contributed by atoms with Crippen molar-refractivity contribution in [3.8, 4) is 0 Å². The van der Waals surface area contributed by atoms with Gasteiger partial charge in [0.2, 0.25) is 10.0 Å². The van der Waals surface area contributed by atoms with Gasteiger partial charge in [-0.1, -0.05) is 20.8 Å². The number of nitrogens with zero attached hydrogens (tertiary/aromatic N) is 1. The van der Waals surface area contributed by atoms with Gasteiger partial charge < -0.3 is 9.47 Å². The molecule has 1 aliphatic rings. The minimum absolute atomic E-state index is 0.0312. The summed E-state index contributed by atoms with van der Waals surface area (Å²) in [5.41, 5.74) is -0.0489. The molecule has 1 saturated heterocycles. The number of hydrogen-bond donors (Lipinski definition) is 0. The Morgan fingerprint density at radius 3 is 2.45 bits per heavy atom. The number of esters is 1. The lowest BCUT2D eigenvalue weighted by molar-refractivity contribution is -0.162. The molecule has 6 nitrogen and oxygen atoms in total. The normalized spacial score (nSPS) is 25.4. The molecule has 1 heterocycles. The number of sulfonamides is 1. The van der Waals surface area contributed by atoms with Crippen LogP contribution in [-0.4, -0.2) is 56.9 Å². The predicted octanol–water partition coefficient (Wildman–Crippen LogP) is 1.01. The Morgan fingerprint density at radius 1 is 1.35 bits per heavy atom. The average molecular weight is 307 g/mol. The number of carbonyl (C=O) groups is 1. The van der Waals surface area contributed by atoms with Crippen molar-refractivity contribution < 1.29 is 22.7 Å². The summed E-state index contributed by atoms with van der Waals surface area (Å²) in [5, 5.41) is 0. The van der Waals surface area contributed by atoms with Crippen LogP contribution < -0.4 is 0 Å². The van der Waals surface area contributed by atoms with E-state index in [0.29, 0.717) is 6.42 Å². The Bertz CT molecular complexity index is 440. The van der Waals surface area contributed by atoms with E-state index in [2.05, 4.69) is 4.74 Å². The lowest BCUT2D eigenvalue weighted by Gasteiger charge is -2.35. The van der Waals surface area contributed by atoms with Gasteiger partial charge in [-0.05, 0) is 18.8 Å². The number of hydrogen-bond acceptors (Lipinski definition) is 5. The first kappa shape index (κ1) is 17.4. The Kier molecular flexibility index (Phi) is 5.57. The summed E-state index contributed by atoms with van der Waals surface area (Å²) in [4.78, 5) is 11.5. The van der Waals surface area contributed by atoms with E-state index in [1.165, 1.54) is 11.4 Å². The third-order valence-corrected chi connectivity index (χ3v) is 5.00. The van der Waals surface area contributed by atoms with Gasteiger partial charge in [0.15, 0.2) is 6.10 Å². The number of rotatable bonds is 4. The van der Waals surface area contributed by atoms with Crippen molar-refractivity contribution in [2.24, 2.45) is 5.41 Å². The van der Waals surface area contributed by atoms with Gasteiger partial charge in [0.25, 0.3) is 0 Å². The first-order valence-electron chi connectivity index (χ1n) is 6.76. The second-order valence-corrected chi connectivity index (χ2v) is 8.49. The van der Waals surface area contributed by atoms with E-state index in [0.717, 1.165) is 0 Å². The lowest BCUT2D eigenvalue weighted by atomic mass is 9.94. The summed E-state index contributed by atoms with van der Waals surface area (Å²) in [5.74, 6) is -0.454. The molecule has 7 heteroatoms. The molecule has 0 aromatic carbocycles. The zero-order chi connectivity index (χ0) is 15.6. The van der Waals surface area contributed by atoms with Crippen molar-refractivity contribution in [1.82, 2.24) is 4.31 Å². The first-order chi connectivity index (χ1) is 9.05. The second-order valence-electron chi connectivity index (χ2n) is 6.40. The molecule has 0 radical (unpaired) electrons. The van der Waals surface area contributed by atoms with Gasteiger partial charge in [-0.2, -0.15) is 4.31 Å². The largest absolute Gasteiger partial charge is 0.467 e. The second kappa shape index (κ2) is 6.41. The predicted molar refractivity (Wildman–Crippen MR) is 75.8 cm³/mol. The van der Waals surface area contributed by atoms with E-state index in [1.54, 1.807) is 6.92 Å². The van der Waals surface area contributed by atoms with Crippen LogP contribution in [0.15, 0.2) is 0 Å². The van der Waals surface area contributed by atoms with E-state index in [1.807, 2.05) is 20.8 Å². The van der Waals surface area contributed by atoms with Crippen molar-refractivity contribution in [3.05, 3.63) is 0 Å². The summed E-state index contributed by atoms with van der Waals surface area (Å²) in [6, 6.07) is 0. The number of morpholine rings is 1. The molecule has 0 amide bonds. The van der Waals surface area contributed by atoms with Crippen molar-refractivity contribution in [2.75, 3.05) is 26.0 Å². The molecule has 0 saturated carbocycles. The highest BCUT2D eigenvalue weighted by molar-refractivity contribution is 7.89. The molecule has 0 aromatic rings. The fraction of sp³-hybridized carbons (Fsp3) is 0.923. The maximum atomic E-state index is 12.4. The maximum absolute atomic E-state index is 12.4. The highest BCUT2D eigenvalue weighted by Crippen LogP contribution is 2.22. The average Bonchev–Trinajstić information content (AvgIpc) is 2.34. The van der Waals surface area contributed by atoms with Crippen LogP contribution >= 0.6 is 0 Å². The van der Waals surface area contributed by atoms with Gasteiger partial charge in [0.1, 0.15) is 0 Å². The van der Waals surface area contributed by atoms with E-state index >= 15 is 0 Å². The third kappa shape index (κ3) is 5.03. The smallest absolute Gasteiger partial charge is 0.336 e. The first-order valence-corrected chi connectivity index (χ1v) is 8.37. The van der Waals surface area contributed by atoms with Crippen molar-refractivity contribution in [1.29, 1.82) is 0 Å². The van der Waals surface area contributed by atoms with Gasteiger partial charge >= 0.3 is 5.97 Å². The molecule has 0 unspecified atom stereocenters. The Balaban J connectivity index is 2.75. The topological polar surface area (TPSA) is 72.9 Å². The molecular weight excluding hydrogens is 282 g/mol. The highest BCUT2D eigenvalue weighted by Gasteiger charge is 2.36. The monoisotopic (exact) mass is 307 g/mol. The summed E-state index contributed by atoms with van der Waals surface area (Å²) < 4.78 is 36.1. The molecule has 1 rings (SSSR count). The van der Waals surface area contributed by atoms with E-state index in [9.17, 15) is 13.2 Å². The SMILES string of the molecule is COC(=O)[C@H]1CN(S(=O)(=O)CCC(C)(C)C)C[C@@H](C)O1. The highest BCUT2D eigenvalue weighted by atomic mass is 32.2. The molecule has 2 atom stereocenters. The van der Waals surface area contributed by atoms with Crippen LogP contribution in [0.25, 0.3) is 0 Å². The van der Waals surface area contributed by atoms with Crippen LogP contribution in [0.3, 0.4) is 0 Å². The quantitative estimate of drug-likeness (QED) is 0.725. The fourth-order valence-corrected chi connectivity index (χ4v) is 3.89. The van der Waals surface area contributed by atoms with E-state index in [4.69, 9.17) is 4.74 Å². The molecule has 0 spiro atoms. The van der Waals surface area contributed by atoms with E-state index < -0.39 is 22.1 Å². The minimum atomic E-state index is -3.38. The molecule has 0 aliphatic carbocycles. The van der Waals surface area contributed by atoms with Crippen LogP contribution in [0.4, 0.5) is 0 Å². The minimum Gasteiger partial charge on any atom is -0.467 e. The molecule has 118 valence electrons. The molecular formula is C13H25NO5S. The van der Waals surface area contributed by atoms with Crippen LogP contribution in [0.2, 0.25) is 0 Å². The van der Waals surface area contributed by atoms with Gasteiger partial charge in [-0.3, -0.25) is 0 Å². The maximum Gasteiger partial charge on any atom is 0.336 e. The zero-order valence-electron chi connectivity index (χ0n) is 12.9. The number of methoxy groups -OCH3 is 1. The Labute approximate surface area is 121 Å². The summed E-state index contributed by atoms with van der Waals surface area (Å²) in [7, 11) is -2.11. The molecule has 0 aromatic heterocycles. The van der Waals surface area contributed by atoms with Crippen LogP contribution in [0, 0.1) is 5.41 Å². The summed E-state index contributed by atoms with van der Waals surface area (Å²) >= 11 is 0. The Hall–Kier alpha value is -0.660. The lowest BCUT2D eigenvalue weighted by Crippen LogP contribution is -2.52. The third-order valence-electron chi connectivity index (χ3n) is 3.19. The zero-order valence-corrected chi connectivity index (χ0v) is 13.7. The van der Waals surface area contributed by atoms with Crippen LogP contribution in [-0.2, 0) is 24.3 Å². The van der Waals surface area contributed by atoms with Gasteiger partial charge in [-0.25, -0.2) is 13.2 Å². The number of ether oxygens (including phenoxy) is 2. The molecule has 0 bridgehead atoms. The summed E-state index contributed by atoms with van der Waals surface area (Å²) in [6.07, 6.45) is -0.588. The molecule has 1 aliphatic heterocycles. The van der Waals surface area contributed by atoms with Gasteiger partial charge in [0, 0.05) is 6.54 Å². The number of carbonyl (C=O) groups excluding carboxylic acids is 1. The van der Waals surface area contributed by atoms with E-state index in [-0.39, 0.29) is 30.4 Å².